The number of phenolic OH excluding ortho intramolecular Hbond substituents is 1. The van der Waals surface area contributed by atoms with Crippen LogP contribution >= 0.6 is 0 Å². The molecule has 0 fully saturated rings. The molecule has 1 aliphatic heterocycles. The third-order valence-corrected chi connectivity index (χ3v) is 4.74. The number of rotatable bonds is 4. The van der Waals surface area contributed by atoms with Gasteiger partial charge in [0.2, 0.25) is 0 Å². The molecule has 2 N–H and O–H groups in total. The van der Waals surface area contributed by atoms with E-state index in [1.807, 2.05) is 13.8 Å². The second kappa shape index (κ2) is 9.61. The van der Waals surface area contributed by atoms with Crippen molar-refractivity contribution in [1.82, 2.24) is 20.3 Å². The number of carbonyl (C=O) groups excluding carboxylic acids is 2. The summed E-state index contributed by atoms with van der Waals surface area (Å²) in [5.74, 6) is -0.877. The van der Waals surface area contributed by atoms with Gasteiger partial charge in [0.25, 0.3) is 5.91 Å². The van der Waals surface area contributed by atoms with E-state index in [2.05, 4.69) is 10.4 Å². The van der Waals surface area contributed by atoms with Crippen molar-refractivity contribution in [2.75, 3.05) is 14.1 Å². The van der Waals surface area contributed by atoms with E-state index in [0.717, 1.165) is 5.56 Å². The minimum atomic E-state index is -0.734. The number of halogens is 1. The van der Waals surface area contributed by atoms with Gasteiger partial charge < -0.3 is 14.7 Å². The first-order valence-electron chi connectivity index (χ1n) is 10.2. The van der Waals surface area contributed by atoms with Gasteiger partial charge in [-0.1, -0.05) is 26.0 Å². The lowest BCUT2D eigenvalue weighted by molar-refractivity contribution is 0.0764. The number of hydrazine groups is 1. The van der Waals surface area contributed by atoms with E-state index in [9.17, 15) is 19.1 Å². The van der Waals surface area contributed by atoms with Crippen molar-refractivity contribution in [3.05, 3.63) is 65.1 Å². The third kappa shape index (κ3) is 4.47. The lowest BCUT2D eigenvalue weighted by Gasteiger charge is -2.16. The lowest BCUT2D eigenvalue weighted by Crippen LogP contribution is -2.38. The standard InChI is InChI=1S/C21H19FN4O4.C2H6/c1-25(2)24-21(29)30-19-14-4-3-9-23-17(14)18(27)16-15(19)11-26(20(16)28)10-12-5-7-13(22)8-6-12;1-2/h3-9,27H,10-11H2,1-2H3,(H,24,29);1-2H3. The molecule has 1 aliphatic rings. The Morgan fingerprint density at radius 3 is 2.59 bits per heavy atom. The van der Waals surface area contributed by atoms with Crippen LogP contribution in [0.25, 0.3) is 10.9 Å². The van der Waals surface area contributed by atoms with Gasteiger partial charge in [0.1, 0.15) is 17.1 Å². The number of benzene rings is 2. The average molecular weight is 440 g/mol. The topological polar surface area (TPSA) is 95.0 Å². The quantitative estimate of drug-likeness (QED) is 0.599. The summed E-state index contributed by atoms with van der Waals surface area (Å²) in [6.45, 7) is 4.33. The first kappa shape index (κ1) is 23.0. The first-order chi connectivity index (χ1) is 15.3. The predicted molar refractivity (Wildman–Crippen MR) is 118 cm³/mol. The number of pyridine rings is 1. The van der Waals surface area contributed by atoms with Crippen LogP contribution in [0.1, 0.15) is 35.3 Å². The smallest absolute Gasteiger partial charge is 0.427 e. The fourth-order valence-corrected chi connectivity index (χ4v) is 3.47. The molecular weight excluding hydrogens is 415 g/mol. The van der Waals surface area contributed by atoms with Gasteiger partial charge in [-0.15, -0.1) is 0 Å². The molecule has 4 rings (SSSR count). The van der Waals surface area contributed by atoms with Gasteiger partial charge in [-0.05, 0) is 29.8 Å². The summed E-state index contributed by atoms with van der Waals surface area (Å²) in [7, 11) is 3.27. The molecule has 9 heteroatoms. The summed E-state index contributed by atoms with van der Waals surface area (Å²) < 4.78 is 18.7. The van der Waals surface area contributed by atoms with E-state index in [1.165, 1.54) is 28.2 Å². The Bertz CT molecular complexity index is 1150. The van der Waals surface area contributed by atoms with Gasteiger partial charge in [0.15, 0.2) is 5.75 Å². The second-order valence-electron chi connectivity index (χ2n) is 7.11. The highest BCUT2D eigenvalue weighted by Gasteiger charge is 2.36. The number of nitrogens with zero attached hydrogens (tertiary/aromatic N) is 3. The lowest BCUT2D eigenvalue weighted by atomic mass is 10.0. The molecular formula is C23H25FN4O4. The number of carbonyl (C=O) groups is 2. The van der Waals surface area contributed by atoms with Crippen LogP contribution in [-0.2, 0) is 13.1 Å². The number of ether oxygens (including phenoxy) is 1. The van der Waals surface area contributed by atoms with Crippen molar-refractivity contribution >= 4 is 22.9 Å². The number of nitrogens with one attached hydrogen (secondary N) is 1. The number of aromatic hydroxyl groups is 1. The zero-order chi connectivity index (χ0) is 23.4. The van der Waals surface area contributed by atoms with Gasteiger partial charge in [0, 0.05) is 37.8 Å². The van der Waals surface area contributed by atoms with Crippen molar-refractivity contribution in [3.63, 3.8) is 0 Å². The molecule has 2 amide bonds. The molecule has 0 bridgehead atoms. The van der Waals surface area contributed by atoms with E-state index < -0.39 is 12.0 Å². The van der Waals surface area contributed by atoms with Gasteiger partial charge in [-0.3, -0.25) is 15.2 Å². The predicted octanol–water partition coefficient (Wildman–Crippen LogP) is 3.83. The molecule has 2 aromatic carbocycles. The fraction of sp³-hybridized carbons (Fsp3) is 0.261. The van der Waals surface area contributed by atoms with Crippen molar-refractivity contribution in [3.8, 4) is 11.5 Å². The Labute approximate surface area is 185 Å². The first-order valence-corrected chi connectivity index (χ1v) is 10.2. The number of phenols is 1. The molecule has 168 valence electrons. The Hall–Kier alpha value is -3.72. The number of fused-ring (bicyclic) bond motifs is 2. The molecule has 0 saturated heterocycles. The Balaban J connectivity index is 0.00000141. The van der Waals surface area contributed by atoms with E-state index in [0.29, 0.717) is 10.9 Å². The Morgan fingerprint density at radius 1 is 1.25 bits per heavy atom. The molecule has 0 spiro atoms. The van der Waals surface area contributed by atoms with E-state index >= 15 is 0 Å². The average Bonchev–Trinajstić information content (AvgIpc) is 3.10. The number of hydrogen-bond donors (Lipinski definition) is 2. The van der Waals surface area contributed by atoms with Crippen molar-refractivity contribution in [2.45, 2.75) is 26.9 Å². The van der Waals surface area contributed by atoms with Crippen LogP contribution in [0, 0.1) is 5.82 Å². The molecule has 2 heterocycles. The zero-order valence-corrected chi connectivity index (χ0v) is 18.3. The monoisotopic (exact) mass is 440 g/mol. The number of hydrogen-bond acceptors (Lipinski definition) is 6. The van der Waals surface area contributed by atoms with Crippen molar-refractivity contribution in [1.29, 1.82) is 0 Å². The highest BCUT2D eigenvalue weighted by molar-refractivity contribution is 6.09. The van der Waals surface area contributed by atoms with E-state index in [-0.39, 0.29) is 41.5 Å². The summed E-state index contributed by atoms with van der Waals surface area (Å²) in [6, 6.07) is 9.13. The van der Waals surface area contributed by atoms with Crippen LogP contribution < -0.4 is 10.2 Å². The van der Waals surface area contributed by atoms with Gasteiger partial charge >= 0.3 is 6.09 Å². The minimum Gasteiger partial charge on any atom is -0.505 e. The summed E-state index contributed by atoms with van der Waals surface area (Å²) in [5.41, 5.74) is 3.83. The highest BCUT2D eigenvalue weighted by Crippen LogP contribution is 2.44. The minimum absolute atomic E-state index is 0.0518. The zero-order valence-electron chi connectivity index (χ0n) is 18.3. The van der Waals surface area contributed by atoms with Gasteiger partial charge in [0.05, 0.1) is 12.1 Å². The molecule has 8 nitrogen and oxygen atoms in total. The van der Waals surface area contributed by atoms with Crippen LogP contribution in [0.2, 0.25) is 0 Å². The molecule has 0 unspecified atom stereocenters. The van der Waals surface area contributed by atoms with Crippen LogP contribution in [0.3, 0.4) is 0 Å². The molecule has 32 heavy (non-hydrogen) atoms. The van der Waals surface area contributed by atoms with Crippen LogP contribution in [0.15, 0.2) is 42.6 Å². The van der Waals surface area contributed by atoms with Crippen LogP contribution in [0.4, 0.5) is 9.18 Å². The largest absolute Gasteiger partial charge is 0.505 e. The van der Waals surface area contributed by atoms with Crippen molar-refractivity contribution < 1.29 is 23.8 Å². The Morgan fingerprint density at radius 2 is 1.94 bits per heavy atom. The normalized spacial score (nSPS) is 12.4. The summed E-state index contributed by atoms with van der Waals surface area (Å²) >= 11 is 0. The molecule has 0 radical (unpaired) electrons. The van der Waals surface area contributed by atoms with E-state index in [1.54, 1.807) is 38.4 Å². The maximum Gasteiger partial charge on any atom is 0.427 e. The molecule has 1 aromatic heterocycles. The SMILES string of the molecule is CC.CN(C)NC(=O)Oc1c2c(c(O)c3ncccc13)C(=O)N(Cc1ccc(F)cc1)C2. The second-order valence-corrected chi connectivity index (χ2v) is 7.11. The molecule has 0 saturated carbocycles. The number of amides is 2. The van der Waals surface area contributed by atoms with Crippen molar-refractivity contribution in [2.24, 2.45) is 0 Å². The summed E-state index contributed by atoms with van der Waals surface area (Å²) in [4.78, 5) is 30.9. The maximum absolute atomic E-state index is 13.2. The van der Waals surface area contributed by atoms with Crippen LogP contribution in [-0.4, -0.2) is 46.1 Å². The third-order valence-electron chi connectivity index (χ3n) is 4.74. The molecule has 0 aliphatic carbocycles. The number of aromatic nitrogens is 1. The Kier molecular flexibility index (Phi) is 6.89. The fourth-order valence-electron chi connectivity index (χ4n) is 3.47. The van der Waals surface area contributed by atoms with Gasteiger partial charge in [-0.25, -0.2) is 14.2 Å². The highest BCUT2D eigenvalue weighted by atomic mass is 19.1. The molecule has 3 aromatic rings. The summed E-state index contributed by atoms with van der Waals surface area (Å²) in [6.07, 6.45) is 0.746. The van der Waals surface area contributed by atoms with Gasteiger partial charge in [-0.2, -0.15) is 0 Å². The summed E-state index contributed by atoms with van der Waals surface area (Å²) in [5, 5.41) is 12.6. The molecule has 0 atom stereocenters. The van der Waals surface area contributed by atoms with Crippen LogP contribution in [0.5, 0.6) is 11.5 Å². The van der Waals surface area contributed by atoms with E-state index in [4.69, 9.17) is 4.74 Å². The maximum atomic E-state index is 13.2.